The molecule has 0 saturated carbocycles. The van der Waals surface area contributed by atoms with E-state index < -0.39 is 5.41 Å². The summed E-state index contributed by atoms with van der Waals surface area (Å²) in [6.07, 6.45) is 4.20. The number of anilines is 4. The minimum Gasteiger partial charge on any atom is -0.365 e. The zero-order chi connectivity index (χ0) is 23.7. The highest BCUT2D eigenvalue weighted by Crippen LogP contribution is 2.40. The molecule has 0 spiro atoms. The first-order chi connectivity index (χ1) is 16.4. The van der Waals surface area contributed by atoms with Gasteiger partial charge in [-0.15, -0.1) is 0 Å². The van der Waals surface area contributed by atoms with E-state index in [1.165, 1.54) is 18.4 Å². The molecule has 0 aliphatic carbocycles. The molecule has 2 aliphatic heterocycles. The van der Waals surface area contributed by atoms with Gasteiger partial charge in [-0.3, -0.25) is 4.79 Å². The maximum Gasteiger partial charge on any atom is 0.234 e. The summed E-state index contributed by atoms with van der Waals surface area (Å²) in [5.41, 5.74) is 4.73. The van der Waals surface area contributed by atoms with Crippen molar-refractivity contribution in [2.75, 3.05) is 29.0 Å². The Balaban J connectivity index is 1.29. The van der Waals surface area contributed by atoms with Gasteiger partial charge in [0.05, 0.1) is 9.89 Å². The lowest BCUT2D eigenvalue weighted by Gasteiger charge is -2.23. The number of carbonyl (C=O) groups is 1. The number of hydrogen-bond donors (Lipinski definition) is 4. The highest BCUT2D eigenvalue weighted by atomic mass is 79.9. The number of amides is 1. The topological polar surface area (TPSA) is 91.0 Å². The van der Waals surface area contributed by atoms with Crippen LogP contribution in [0.15, 0.2) is 53.1 Å². The number of carbonyl (C=O) groups excluding carboxylic acids is 1. The van der Waals surface area contributed by atoms with Crippen LogP contribution in [-0.2, 0) is 16.8 Å². The molecule has 2 aliphatic rings. The molecule has 3 heterocycles. The van der Waals surface area contributed by atoms with E-state index in [1.807, 2.05) is 32.0 Å². The van der Waals surface area contributed by atoms with Crippen LogP contribution in [0.5, 0.6) is 0 Å². The SMILES string of the molecule is CC1(C)C(=O)Nc2cccc(CNc3nc(Nc4ccc(C5CCCNC5)cc4)ncc3Br)c21. The van der Waals surface area contributed by atoms with Gasteiger partial charge in [0.2, 0.25) is 11.9 Å². The van der Waals surface area contributed by atoms with Gasteiger partial charge >= 0.3 is 0 Å². The first kappa shape index (κ1) is 22.8. The molecule has 1 amide bonds. The number of fused-ring (bicyclic) bond motifs is 1. The molecule has 1 saturated heterocycles. The number of aromatic nitrogens is 2. The Labute approximate surface area is 208 Å². The van der Waals surface area contributed by atoms with Crippen LogP contribution in [0.1, 0.15) is 49.3 Å². The summed E-state index contributed by atoms with van der Waals surface area (Å²) in [5, 5.41) is 13.2. The van der Waals surface area contributed by atoms with Crippen LogP contribution in [0.25, 0.3) is 0 Å². The van der Waals surface area contributed by atoms with Crippen LogP contribution in [-0.4, -0.2) is 29.0 Å². The fraction of sp³-hybridized carbons (Fsp3) is 0.346. The molecule has 176 valence electrons. The number of hydrogen-bond acceptors (Lipinski definition) is 6. The number of benzene rings is 2. The minimum absolute atomic E-state index is 0.0235. The van der Waals surface area contributed by atoms with Crippen LogP contribution >= 0.6 is 15.9 Å². The highest BCUT2D eigenvalue weighted by molar-refractivity contribution is 9.10. The highest BCUT2D eigenvalue weighted by Gasteiger charge is 2.39. The Morgan fingerprint density at radius 2 is 2.00 bits per heavy atom. The van der Waals surface area contributed by atoms with Crippen LogP contribution in [0.2, 0.25) is 0 Å². The second-order valence-corrected chi connectivity index (χ2v) is 10.3. The van der Waals surface area contributed by atoms with E-state index >= 15 is 0 Å². The fourth-order valence-corrected chi connectivity index (χ4v) is 5.15. The molecule has 8 heteroatoms. The molecule has 34 heavy (non-hydrogen) atoms. The van der Waals surface area contributed by atoms with E-state index in [2.05, 4.69) is 71.4 Å². The summed E-state index contributed by atoms with van der Waals surface area (Å²) in [6.45, 7) is 6.62. The van der Waals surface area contributed by atoms with Gasteiger partial charge in [0.1, 0.15) is 5.82 Å². The number of nitrogens with one attached hydrogen (secondary N) is 4. The molecule has 1 aromatic heterocycles. The molecule has 0 radical (unpaired) electrons. The van der Waals surface area contributed by atoms with Crippen molar-refractivity contribution < 1.29 is 4.79 Å². The van der Waals surface area contributed by atoms with Gasteiger partial charge in [-0.1, -0.05) is 24.3 Å². The lowest BCUT2D eigenvalue weighted by molar-refractivity contribution is -0.119. The average molecular weight is 521 g/mol. The Kier molecular flexibility index (Phi) is 6.27. The molecule has 7 nitrogen and oxygen atoms in total. The van der Waals surface area contributed by atoms with E-state index in [4.69, 9.17) is 0 Å². The zero-order valence-corrected chi connectivity index (χ0v) is 21.0. The summed E-state index contributed by atoms with van der Waals surface area (Å²) in [6, 6.07) is 14.5. The molecular formula is C26H29BrN6O. The smallest absolute Gasteiger partial charge is 0.234 e. The number of halogens is 1. The zero-order valence-electron chi connectivity index (χ0n) is 19.4. The van der Waals surface area contributed by atoms with Crippen molar-refractivity contribution in [2.24, 2.45) is 0 Å². The van der Waals surface area contributed by atoms with Crippen molar-refractivity contribution in [1.29, 1.82) is 0 Å². The summed E-state index contributed by atoms with van der Waals surface area (Å²) in [7, 11) is 0. The van der Waals surface area contributed by atoms with Crippen molar-refractivity contribution in [2.45, 2.75) is 44.6 Å². The number of rotatable bonds is 6. The van der Waals surface area contributed by atoms with Crippen molar-refractivity contribution in [1.82, 2.24) is 15.3 Å². The molecule has 1 atom stereocenters. The summed E-state index contributed by atoms with van der Waals surface area (Å²) < 4.78 is 0.777. The largest absolute Gasteiger partial charge is 0.365 e. The number of nitrogens with zero attached hydrogens (tertiary/aromatic N) is 2. The first-order valence-electron chi connectivity index (χ1n) is 11.7. The molecular weight excluding hydrogens is 492 g/mol. The summed E-state index contributed by atoms with van der Waals surface area (Å²) in [4.78, 5) is 21.5. The first-order valence-corrected chi connectivity index (χ1v) is 12.5. The minimum atomic E-state index is -0.566. The predicted molar refractivity (Wildman–Crippen MR) is 140 cm³/mol. The fourth-order valence-electron chi connectivity index (χ4n) is 4.82. The van der Waals surface area contributed by atoms with Crippen LogP contribution in [0, 0.1) is 0 Å². The second kappa shape index (κ2) is 9.35. The van der Waals surface area contributed by atoms with E-state index in [9.17, 15) is 4.79 Å². The molecule has 5 rings (SSSR count). The van der Waals surface area contributed by atoms with Crippen LogP contribution in [0.4, 0.5) is 23.1 Å². The van der Waals surface area contributed by atoms with E-state index in [-0.39, 0.29) is 5.91 Å². The van der Waals surface area contributed by atoms with Gasteiger partial charge in [-0.05, 0) is 90.0 Å². The van der Waals surface area contributed by atoms with Gasteiger partial charge in [-0.25, -0.2) is 4.98 Å². The third kappa shape index (κ3) is 4.52. The van der Waals surface area contributed by atoms with Gasteiger partial charge < -0.3 is 21.3 Å². The van der Waals surface area contributed by atoms with Gasteiger partial charge in [0, 0.05) is 30.7 Å². The van der Waals surface area contributed by atoms with Crippen LogP contribution in [0.3, 0.4) is 0 Å². The molecule has 0 bridgehead atoms. The summed E-state index contributed by atoms with van der Waals surface area (Å²) >= 11 is 3.55. The monoisotopic (exact) mass is 520 g/mol. The molecule has 1 fully saturated rings. The molecule has 2 aromatic carbocycles. The Bertz CT molecular complexity index is 1200. The maximum atomic E-state index is 12.4. The normalized spacial score (nSPS) is 18.8. The van der Waals surface area contributed by atoms with Crippen molar-refractivity contribution in [3.05, 3.63) is 69.8 Å². The van der Waals surface area contributed by atoms with Crippen molar-refractivity contribution >= 4 is 45.0 Å². The van der Waals surface area contributed by atoms with E-state index in [0.29, 0.717) is 24.2 Å². The third-order valence-corrected chi connectivity index (χ3v) is 7.30. The number of piperidine rings is 1. The standard InChI is InChI=1S/C26H29BrN6O/c1-26(2)22-18(5-3-7-21(22)32-24(26)34)14-29-23-20(27)15-30-25(33-23)31-19-10-8-16(9-11-19)17-6-4-12-28-13-17/h3,5,7-11,15,17,28H,4,6,12-14H2,1-2H3,(H,32,34)(H2,29,30,31,33). The Morgan fingerprint density at radius 3 is 2.76 bits per heavy atom. The van der Waals surface area contributed by atoms with Crippen LogP contribution < -0.4 is 21.3 Å². The Hall–Kier alpha value is -2.97. The predicted octanol–water partition coefficient (Wildman–Crippen LogP) is 5.29. The Morgan fingerprint density at radius 1 is 1.18 bits per heavy atom. The lowest BCUT2D eigenvalue weighted by Crippen LogP contribution is -2.28. The van der Waals surface area contributed by atoms with Crippen molar-refractivity contribution in [3.63, 3.8) is 0 Å². The quantitative estimate of drug-likeness (QED) is 0.353. The third-order valence-electron chi connectivity index (χ3n) is 6.72. The van der Waals surface area contributed by atoms with E-state index in [1.54, 1.807) is 6.20 Å². The van der Waals surface area contributed by atoms with Crippen molar-refractivity contribution in [3.8, 4) is 0 Å². The molecule has 4 N–H and O–H groups in total. The van der Waals surface area contributed by atoms with Gasteiger partial charge in [0.15, 0.2) is 0 Å². The molecule has 1 unspecified atom stereocenters. The lowest BCUT2D eigenvalue weighted by atomic mass is 9.83. The maximum absolute atomic E-state index is 12.4. The molecule has 3 aromatic rings. The average Bonchev–Trinajstić information content (AvgIpc) is 3.09. The second-order valence-electron chi connectivity index (χ2n) is 9.45. The van der Waals surface area contributed by atoms with Gasteiger partial charge in [0.25, 0.3) is 0 Å². The van der Waals surface area contributed by atoms with E-state index in [0.717, 1.165) is 40.1 Å². The summed E-state index contributed by atoms with van der Waals surface area (Å²) in [5.74, 6) is 1.82. The van der Waals surface area contributed by atoms with Gasteiger partial charge in [-0.2, -0.15) is 4.98 Å².